The summed E-state index contributed by atoms with van der Waals surface area (Å²) in [5, 5.41) is 13.6. The Morgan fingerprint density at radius 3 is 2.41 bits per heavy atom. The van der Waals surface area contributed by atoms with Crippen LogP contribution in [0, 0.1) is 0 Å². The number of aromatic nitrogens is 1. The minimum Gasteiger partial charge on any atom is -0.497 e. The largest absolute Gasteiger partial charge is 0.497 e. The highest BCUT2D eigenvalue weighted by molar-refractivity contribution is 5.64. The first kappa shape index (κ1) is 14.4. The van der Waals surface area contributed by atoms with Crippen molar-refractivity contribution in [3.63, 3.8) is 0 Å². The van der Waals surface area contributed by atoms with Crippen LogP contribution in [0.5, 0.6) is 5.75 Å². The first-order valence-electron chi connectivity index (χ1n) is 7.08. The number of benzene rings is 2. The zero-order valence-electron chi connectivity index (χ0n) is 12.3. The molecular formula is C18H17NO3. The lowest BCUT2D eigenvalue weighted by Crippen LogP contribution is -1.95. The Labute approximate surface area is 129 Å². The van der Waals surface area contributed by atoms with Gasteiger partial charge in [0.25, 0.3) is 0 Å². The van der Waals surface area contributed by atoms with Crippen molar-refractivity contribution in [1.82, 2.24) is 5.16 Å². The lowest BCUT2D eigenvalue weighted by molar-refractivity contribution is 0.228. The second-order valence-electron chi connectivity index (χ2n) is 4.98. The van der Waals surface area contributed by atoms with Gasteiger partial charge in [-0.1, -0.05) is 47.6 Å². The van der Waals surface area contributed by atoms with E-state index in [-0.39, 0.29) is 6.61 Å². The van der Waals surface area contributed by atoms with E-state index < -0.39 is 0 Å². The second kappa shape index (κ2) is 6.45. The maximum absolute atomic E-state index is 9.49. The van der Waals surface area contributed by atoms with Crippen molar-refractivity contribution in [2.75, 3.05) is 7.11 Å². The SMILES string of the molecule is COc1ccc(Cc2c(-c3ccccc3)noc2CO)cc1. The van der Waals surface area contributed by atoms with Crippen LogP contribution < -0.4 is 4.74 Å². The number of hydrogen-bond acceptors (Lipinski definition) is 4. The third kappa shape index (κ3) is 2.87. The Kier molecular flexibility index (Phi) is 4.21. The van der Waals surface area contributed by atoms with E-state index in [0.29, 0.717) is 12.2 Å². The topological polar surface area (TPSA) is 55.5 Å². The summed E-state index contributed by atoms with van der Waals surface area (Å²) in [7, 11) is 1.65. The van der Waals surface area contributed by atoms with Crippen LogP contribution in [-0.2, 0) is 13.0 Å². The fraction of sp³-hybridized carbons (Fsp3) is 0.167. The van der Waals surface area contributed by atoms with E-state index in [9.17, 15) is 5.11 Å². The molecule has 0 fully saturated rings. The molecule has 0 spiro atoms. The third-order valence-electron chi connectivity index (χ3n) is 3.60. The maximum atomic E-state index is 9.49. The second-order valence-corrected chi connectivity index (χ2v) is 4.98. The van der Waals surface area contributed by atoms with Gasteiger partial charge in [0.2, 0.25) is 0 Å². The van der Waals surface area contributed by atoms with E-state index in [2.05, 4.69) is 5.16 Å². The molecule has 0 aliphatic rings. The van der Waals surface area contributed by atoms with E-state index in [1.165, 1.54) is 0 Å². The molecule has 1 heterocycles. The van der Waals surface area contributed by atoms with Crippen molar-refractivity contribution in [2.24, 2.45) is 0 Å². The zero-order chi connectivity index (χ0) is 15.4. The van der Waals surface area contributed by atoms with Gasteiger partial charge in [0.05, 0.1) is 7.11 Å². The van der Waals surface area contributed by atoms with Gasteiger partial charge in [-0.2, -0.15) is 0 Å². The first-order chi connectivity index (χ1) is 10.8. The van der Waals surface area contributed by atoms with E-state index in [1.54, 1.807) is 7.11 Å². The zero-order valence-corrected chi connectivity index (χ0v) is 12.3. The molecule has 0 aliphatic heterocycles. The van der Waals surface area contributed by atoms with Crippen molar-refractivity contribution in [1.29, 1.82) is 0 Å². The Bertz CT molecular complexity index is 733. The van der Waals surface area contributed by atoms with Crippen LogP contribution in [0.15, 0.2) is 59.1 Å². The molecule has 0 aliphatic carbocycles. The Balaban J connectivity index is 1.96. The summed E-state index contributed by atoms with van der Waals surface area (Å²) in [6.07, 6.45) is 0.646. The van der Waals surface area contributed by atoms with Gasteiger partial charge in [-0.3, -0.25) is 0 Å². The molecule has 3 rings (SSSR count). The lowest BCUT2D eigenvalue weighted by atomic mass is 9.99. The first-order valence-corrected chi connectivity index (χ1v) is 7.08. The molecule has 112 valence electrons. The van der Waals surface area contributed by atoms with Crippen LogP contribution >= 0.6 is 0 Å². The van der Waals surface area contributed by atoms with Gasteiger partial charge in [0, 0.05) is 17.5 Å². The van der Waals surface area contributed by atoms with E-state index >= 15 is 0 Å². The van der Waals surface area contributed by atoms with Crippen LogP contribution in [0.25, 0.3) is 11.3 Å². The van der Waals surface area contributed by atoms with Gasteiger partial charge in [0.1, 0.15) is 18.1 Å². The molecule has 0 unspecified atom stereocenters. The molecule has 4 nitrogen and oxygen atoms in total. The molecule has 22 heavy (non-hydrogen) atoms. The van der Waals surface area contributed by atoms with E-state index in [4.69, 9.17) is 9.26 Å². The molecule has 0 saturated heterocycles. The van der Waals surface area contributed by atoms with Gasteiger partial charge < -0.3 is 14.4 Å². The molecule has 1 N–H and O–H groups in total. The minimum atomic E-state index is -0.161. The van der Waals surface area contributed by atoms with Gasteiger partial charge in [-0.05, 0) is 17.7 Å². The average Bonchev–Trinajstić information content (AvgIpc) is 2.99. The number of hydrogen-bond donors (Lipinski definition) is 1. The third-order valence-corrected chi connectivity index (χ3v) is 3.60. The van der Waals surface area contributed by atoms with Crippen LogP contribution in [0.2, 0.25) is 0 Å². The molecule has 2 aromatic carbocycles. The predicted octanol–water partition coefficient (Wildman–Crippen LogP) is 3.43. The standard InChI is InChI=1S/C18H17NO3/c1-21-15-9-7-13(8-10-15)11-16-17(12-20)22-19-18(16)14-5-3-2-4-6-14/h2-10,20H,11-12H2,1H3. The predicted molar refractivity (Wildman–Crippen MR) is 83.7 cm³/mol. The quantitative estimate of drug-likeness (QED) is 0.783. The highest BCUT2D eigenvalue weighted by atomic mass is 16.5. The monoisotopic (exact) mass is 295 g/mol. The van der Waals surface area contributed by atoms with E-state index in [1.807, 2.05) is 54.6 Å². The van der Waals surface area contributed by atoms with Crippen LogP contribution in [0.4, 0.5) is 0 Å². The maximum Gasteiger partial charge on any atom is 0.166 e. The number of methoxy groups -OCH3 is 1. The summed E-state index contributed by atoms with van der Waals surface area (Å²) in [6, 6.07) is 17.7. The van der Waals surface area contributed by atoms with Crippen molar-refractivity contribution in [3.05, 3.63) is 71.5 Å². The van der Waals surface area contributed by atoms with Gasteiger partial charge >= 0.3 is 0 Å². The fourth-order valence-electron chi connectivity index (χ4n) is 2.42. The van der Waals surface area contributed by atoms with Crippen molar-refractivity contribution < 1.29 is 14.4 Å². The van der Waals surface area contributed by atoms with Gasteiger partial charge in [-0.15, -0.1) is 0 Å². The number of nitrogens with zero attached hydrogens (tertiary/aromatic N) is 1. The van der Waals surface area contributed by atoms with Crippen LogP contribution in [0.1, 0.15) is 16.9 Å². The number of ether oxygens (including phenoxy) is 1. The molecule has 3 aromatic rings. The summed E-state index contributed by atoms with van der Waals surface area (Å²) in [6.45, 7) is -0.161. The van der Waals surface area contributed by atoms with E-state index in [0.717, 1.165) is 28.1 Å². The van der Waals surface area contributed by atoms with Crippen molar-refractivity contribution in [2.45, 2.75) is 13.0 Å². The van der Waals surface area contributed by atoms with Gasteiger partial charge in [-0.25, -0.2) is 0 Å². The highest BCUT2D eigenvalue weighted by Gasteiger charge is 2.17. The molecule has 0 amide bonds. The number of rotatable bonds is 5. The molecule has 0 radical (unpaired) electrons. The molecule has 0 bridgehead atoms. The molecule has 0 atom stereocenters. The molecule has 1 aromatic heterocycles. The van der Waals surface area contributed by atoms with Gasteiger partial charge in [0.15, 0.2) is 5.76 Å². The Morgan fingerprint density at radius 2 is 1.77 bits per heavy atom. The average molecular weight is 295 g/mol. The molecular weight excluding hydrogens is 278 g/mol. The Hall–Kier alpha value is -2.59. The number of aliphatic hydroxyl groups excluding tert-OH is 1. The summed E-state index contributed by atoms with van der Waals surface area (Å²) in [5.41, 5.74) is 3.78. The normalized spacial score (nSPS) is 10.6. The van der Waals surface area contributed by atoms with Crippen molar-refractivity contribution >= 4 is 0 Å². The van der Waals surface area contributed by atoms with Crippen LogP contribution in [-0.4, -0.2) is 17.4 Å². The Morgan fingerprint density at radius 1 is 1.05 bits per heavy atom. The fourth-order valence-corrected chi connectivity index (χ4v) is 2.42. The lowest BCUT2D eigenvalue weighted by Gasteiger charge is -2.05. The summed E-state index contributed by atoms with van der Waals surface area (Å²) < 4.78 is 10.5. The smallest absolute Gasteiger partial charge is 0.166 e. The summed E-state index contributed by atoms with van der Waals surface area (Å²) in [5.74, 6) is 1.33. The highest BCUT2D eigenvalue weighted by Crippen LogP contribution is 2.28. The summed E-state index contributed by atoms with van der Waals surface area (Å²) >= 11 is 0. The van der Waals surface area contributed by atoms with Crippen LogP contribution in [0.3, 0.4) is 0 Å². The van der Waals surface area contributed by atoms with Crippen molar-refractivity contribution in [3.8, 4) is 17.0 Å². The molecule has 0 saturated carbocycles. The minimum absolute atomic E-state index is 0.161. The molecule has 4 heteroatoms. The summed E-state index contributed by atoms with van der Waals surface area (Å²) in [4.78, 5) is 0. The number of aliphatic hydroxyl groups is 1.